The van der Waals surface area contributed by atoms with E-state index < -0.39 is 0 Å². The maximum absolute atomic E-state index is 3.93. The molecule has 1 aromatic heterocycles. The standard InChI is InChI=1S/C5H6N4Se/c1-2-4(10-3-1)5-6-8-9-7-5/h1,3-4H,2H2,(H,6,7,8,9). The average Bonchev–Trinajstić information content (AvgIpc) is 2.59. The molecule has 4 nitrogen and oxygen atoms in total. The molecular weight excluding hydrogens is 195 g/mol. The minimum absolute atomic E-state index is 0.534. The third-order valence-electron chi connectivity index (χ3n) is 1.34. The molecule has 0 fully saturated rings. The SMILES string of the molecule is C1=C[Se]C(c2nn[nH]n2)C1. The van der Waals surface area contributed by atoms with Crippen molar-refractivity contribution in [3.05, 3.63) is 16.9 Å². The zero-order valence-electron chi connectivity index (χ0n) is 5.19. The van der Waals surface area contributed by atoms with Crippen molar-refractivity contribution in [3.63, 3.8) is 0 Å². The van der Waals surface area contributed by atoms with E-state index in [1.165, 1.54) is 0 Å². The van der Waals surface area contributed by atoms with Crippen LogP contribution in [0.25, 0.3) is 0 Å². The molecule has 1 aliphatic heterocycles. The summed E-state index contributed by atoms with van der Waals surface area (Å²) in [6.07, 6.45) is 3.26. The van der Waals surface area contributed by atoms with Crippen LogP contribution in [0.5, 0.6) is 0 Å². The molecule has 52 valence electrons. The van der Waals surface area contributed by atoms with Gasteiger partial charge in [-0.3, -0.25) is 0 Å². The Morgan fingerprint density at radius 2 is 2.70 bits per heavy atom. The molecule has 2 rings (SSSR count). The van der Waals surface area contributed by atoms with Crippen LogP contribution in [0.2, 0.25) is 0 Å². The number of hydrogen-bond acceptors (Lipinski definition) is 3. The summed E-state index contributed by atoms with van der Waals surface area (Å²) in [6.45, 7) is 0. The number of aromatic nitrogens is 4. The van der Waals surface area contributed by atoms with E-state index in [-0.39, 0.29) is 0 Å². The Balaban J connectivity index is 2.14. The Hall–Kier alpha value is -0.671. The molecule has 0 saturated heterocycles. The van der Waals surface area contributed by atoms with Gasteiger partial charge in [0, 0.05) is 0 Å². The van der Waals surface area contributed by atoms with Crippen LogP contribution < -0.4 is 0 Å². The van der Waals surface area contributed by atoms with E-state index in [1.807, 2.05) is 0 Å². The van der Waals surface area contributed by atoms with Crippen LogP contribution in [0.3, 0.4) is 0 Å². The number of aromatic amines is 1. The topological polar surface area (TPSA) is 54.5 Å². The molecule has 0 radical (unpaired) electrons. The van der Waals surface area contributed by atoms with E-state index in [1.54, 1.807) is 0 Å². The third-order valence-corrected chi connectivity index (χ3v) is 3.61. The second-order valence-electron chi connectivity index (χ2n) is 2.00. The molecule has 0 saturated carbocycles. The minimum atomic E-state index is 0.534. The van der Waals surface area contributed by atoms with Crippen molar-refractivity contribution in [3.8, 4) is 0 Å². The van der Waals surface area contributed by atoms with Crippen molar-refractivity contribution in [2.24, 2.45) is 0 Å². The van der Waals surface area contributed by atoms with Gasteiger partial charge in [0.1, 0.15) is 0 Å². The Kier molecular flexibility index (Phi) is 1.53. The van der Waals surface area contributed by atoms with Gasteiger partial charge in [0.2, 0.25) is 0 Å². The molecule has 1 aliphatic rings. The fourth-order valence-corrected chi connectivity index (χ4v) is 2.65. The van der Waals surface area contributed by atoms with Crippen molar-refractivity contribution < 1.29 is 0 Å². The van der Waals surface area contributed by atoms with Crippen molar-refractivity contribution in [2.45, 2.75) is 11.2 Å². The molecule has 2 heterocycles. The van der Waals surface area contributed by atoms with Crippen LogP contribution in [-0.2, 0) is 0 Å². The number of rotatable bonds is 1. The van der Waals surface area contributed by atoms with Gasteiger partial charge in [0.15, 0.2) is 0 Å². The van der Waals surface area contributed by atoms with Crippen molar-refractivity contribution in [1.29, 1.82) is 0 Å². The van der Waals surface area contributed by atoms with E-state index in [0.29, 0.717) is 19.8 Å². The van der Waals surface area contributed by atoms with E-state index >= 15 is 0 Å². The van der Waals surface area contributed by atoms with Gasteiger partial charge in [-0.25, -0.2) is 0 Å². The predicted molar refractivity (Wildman–Crippen MR) is 36.4 cm³/mol. The number of hydrogen-bond donors (Lipinski definition) is 1. The summed E-state index contributed by atoms with van der Waals surface area (Å²) in [5.41, 5.74) is 0. The van der Waals surface area contributed by atoms with E-state index in [4.69, 9.17) is 0 Å². The van der Waals surface area contributed by atoms with Crippen LogP contribution >= 0.6 is 0 Å². The zero-order valence-corrected chi connectivity index (χ0v) is 6.90. The second kappa shape index (κ2) is 2.52. The number of tetrazole rings is 1. The van der Waals surface area contributed by atoms with Gasteiger partial charge in [-0.05, 0) is 0 Å². The summed E-state index contributed by atoms with van der Waals surface area (Å²) in [5, 5.41) is 13.8. The first kappa shape index (κ1) is 6.07. The van der Waals surface area contributed by atoms with Crippen molar-refractivity contribution in [1.82, 2.24) is 20.6 Å². The number of allylic oxidation sites excluding steroid dienone is 1. The van der Waals surface area contributed by atoms with Gasteiger partial charge < -0.3 is 0 Å². The monoisotopic (exact) mass is 202 g/mol. The van der Waals surface area contributed by atoms with E-state index in [9.17, 15) is 0 Å². The molecule has 1 atom stereocenters. The number of nitrogens with one attached hydrogen (secondary N) is 1. The normalized spacial score (nSPS) is 23.8. The fraction of sp³-hybridized carbons (Fsp3) is 0.400. The van der Waals surface area contributed by atoms with E-state index in [0.717, 1.165) is 12.2 Å². The molecule has 1 unspecified atom stereocenters. The predicted octanol–water partition coefficient (Wildman–Crippen LogP) is -0.138. The summed E-state index contributed by atoms with van der Waals surface area (Å²) in [6, 6.07) is 0. The first-order valence-corrected chi connectivity index (χ1v) is 4.98. The van der Waals surface area contributed by atoms with Crippen LogP contribution in [0, 0.1) is 0 Å². The summed E-state index contributed by atoms with van der Waals surface area (Å²) < 4.78 is 0. The molecule has 0 spiro atoms. The Morgan fingerprint density at radius 3 is 3.30 bits per heavy atom. The second-order valence-corrected chi connectivity index (χ2v) is 4.34. The summed E-state index contributed by atoms with van der Waals surface area (Å²) in [4.78, 5) is 2.75. The Morgan fingerprint density at radius 1 is 1.70 bits per heavy atom. The van der Waals surface area contributed by atoms with Crippen LogP contribution in [0.1, 0.15) is 17.1 Å². The molecule has 0 aliphatic carbocycles. The van der Waals surface area contributed by atoms with Gasteiger partial charge in [-0.1, -0.05) is 0 Å². The van der Waals surface area contributed by atoms with Gasteiger partial charge in [0.05, 0.1) is 0 Å². The molecule has 0 aromatic carbocycles. The van der Waals surface area contributed by atoms with Gasteiger partial charge in [0.25, 0.3) is 0 Å². The van der Waals surface area contributed by atoms with Crippen LogP contribution in [0.4, 0.5) is 0 Å². The third kappa shape index (κ3) is 0.978. The first-order valence-electron chi connectivity index (χ1n) is 3.00. The molecule has 1 aromatic rings. The van der Waals surface area contributed by atoms with E-state index in [2.05, 4.69) is 31.7 Å². The molecule has 0 bridgehead atoms. The van der Waals surface area contributed by atoms with Crippen molar-refractivity contribution >= 4 is 15.0 Å². The fourth-order valence-electron chi connectivity index (χ4n) is 0.857. The van der Waals surface area contributed by atoms with Crippen molar-refractivity contribution in [2.75, 3.05) is 0 Å². The average molecular weight is 201 g/mol. The van der Waals surface area contributed by atoms with Crippen LogP contribution in [-0.4, -0.2) is 35.6 Å². The molecule has 0 amide bonds. The Labute approximate surface area is 64.2 Å². The summed E-state index contributed by atoms with van der Waals surface area (Å²) >= 11 is 0.546. The molecule has 1 N–H and O–H groups in total. The molecule has 10 heavy (non-hydrogen) atoms. The molecule has 5 heteroatoms. The summed E-state index contributed by atoms with van der Waals surface area (Å²) in [5.74, 6) is 0.866. The Bertz CT molecular complexity index is 222. The first-order chi connectivity index (χ1) is 4.97. The zero-order chi connectivity index (χ0) is 6.81. The number of nitrogens with zero attached hydrogens (tertiary/aromatic N) is 3. The van der Waals surface area contributed by atoms with Gasteiger partial charge in [-0.15, -0.1) is 0 Å². The van der Waals surface area contributed by atoms with Gasteiger partial charge >= 0.3 is 63.7 Å². The van der Waals surface area contributed by atoms with Gasteiger partial charge in [-0.2, -0.15) is 0 Å². The molecular formula is C5H6N4Se. The van der Waals surface area contributed by atoms with Crippen LogP contribution in [0.15, 0.2) is 11.1 Å². The maximum atomic E-state index is 3.93. The summed E-state index contributed by atoms with van der Waals surface area (Å²) in [7, 11) is 0. The number of H-pyrrole nitrogens is 1. The quantitative estimate of drug-likeness (QED) is 0.643.